The minimum absolute atomic E-state index is 0.120. The van der Waals surface area contributed by atoms with Crippen LogP contribution in [0.5, 0.6) is 0 Å². The van der Waals surface area contributed by atoms with Crippen molar-refractivity contribution in [2.24, 2.45) is 29.6 Å². The maximum atomic E-state index is 12.2. The van der Waals surface area contributed by atoms with Gasteiger partial charge in [-0.3, -0.25) is 9.59 Å². The molecule has 3 unspecified atom stereocenters. The molecule has 0 radical (unpaired) electrons. The number of aliphatic hydroxyl groups excluding tert-OH is 1. The van der Waals surface area contributed by atoms with E-state index in [9.17, 15) is 19.8 Å². The fraction of sp³-hybridized carbons (Fsp3) is 0.867. The molecule has 2 rings (SSSR count). The van der Waals surface area contributed by atoms with E-state index in [0.717, 1.165) is 19.3 Å². The normalized spacial score (nSPS) is 37.0. The summed E-state index contributed by atoms with van der Waals surface area (Å²) in [5.41, 5.74) is 0. The predicted octanol–water partition coefficient (Wildman–Crippen LogP) is 1.26. The molecule has 1 amide bonds. The molecule has 0 saturated heterocycles. The number of rotatable bonds is 5. The van der Waals surface area contributed by atoms with Gasteiger partial charge in [-0.05, 0) is 43.4 Å². The largest absolute Gasteiger partial charge is 0.481 e. The van der Waals surface area contributed by atoms with E-state index in [1.165, 1.54) is 0 Å². The molecular formula is C15H25NO4. The Morgan fingerprint density at radius 2 is 1.80 bits per heavy atom. The molecule has 3 N–H and O–H groups in total. The van der Waals surface area contributed by atoms with Crippen LogP contribution in [0.1, 0.15) is 39.0 Å². The molecule has 2 aliphatic rings. The monoisotopic (exact) mass is 283 g/mol. The molecule has 0 aromatic carbocycles. The van der Waals surface area contributed by atoms with Gasteiger partial charge in [0.2, 0.25) is 5.91 Å². The van der Waals surface area contributed by atoms with E-state index in [0.29, 0.717) is 31.2 Å². The summed E-state index contributed by atoms with van der Waals surface area (Å²) in [6.45, 7) is 2.75. The zero-order valence-electron chi connectivity index (χ0n) is 12.0. The van der Waals surface area contributed by atoms with E-state index in [-0.39, 0.29) is 18.4 Å². The summed E-state index contributed by atoms with van der Waals surface area (Å²) in [6, 6.07) is 0. The first-order chi connectivity index (χ1) is 9.52. The molecule has 2 fully saturated rings. The SMILES string of the molecule is CC1C[C@H](C(=O)NCC2CCCC2CO)[C@H](C(=O)O)C1. The van der Waals surface area contributed by atoms with E-state index < -0.39 is 17.8 Å². The number of aliphatic hydroxyl groups is 1. The molecule has 5 nitrogen and oxygen atoms in total. The average molecular weight is 283 g/mol. The zero-order chi connectivity index (χ0) is 14.7. The van der Waals surface area contributed by atoms with Crippen LogP contribution in [-0.2, 0) is 9.59 Å². The minimum Gasteiger partial charge on any atom is -0.481 e. The molecule has 0 spiro atoms. The summed E-state index contributed by atoms with van der Waals surface area (Å²) >= 11 is 0. The number of carbonyl (C=O) groups is 2. The van der Waals surface area contributed by atoms with Gasteiger partial charge < -0.3 is 15.5 Å². The Balaban J connectivity index is 1.86. The summed E-state index contributed by atoms with van der Waals surface area (Å²) in [5, 5.41) is 21.4. The van der Waals surface area contributed by atoms with Crippen molar-refractivity contribution in [3.05, 3.63) is 0 Å². The molecule has 0 aromatic rings. The molecule has 0 aliphatic heterocycles. The molecule has 114 valence electrons. The first-order valence-electron chi connectivity index (χ1n) is 7.64. The van der Waals surface area contributed by atoms with Gasteiger partial charge in [-0.2, -0.15) is 0 Å². The lowest BCUT2D eigenvalue weighted by Crippen LogP contribution is -2.38. The van der Waals surface area contributed by atoms with Crippen molar-refractivity contribution in [2.45, 2.75) is 39.0 Å². The highest BCUT2D eigenvalue weighted by molar-refractivity contribution is 5.85. The fourth-order valence-electron chi connectivity index (χ4n) is 3.84. The number of carboxylic acids is 1. The molecule has 0 bridgehead atoms. The highest BCUT2D eigenvalue weighted by atomic mass is 16.4. The summed E-state index contributed by atoms with van der Waals surface area (Å²) in [5.74, 6) is -0.990. The fourth-order valence-corrected chi connectivity index (χ4v) is 3.84. The number of hydrogen-bond acceptors (Lipinski definition) is 3. The lowest BCUT2D eigenvalue weighted by molar-refractivity contribution is -0.146. The molecule has 20 heavy (non-hydrogen) atoms. The quantitative estimate of drug-likeness (QED) is 0.709. The van der Waals surface area contributed by atoms with E-state index in [1.807, 2.05) is 6.92 Å². The van der Waals surface area contributed by atoms with Crippen molar-refractivity contribution in [2.75, 3.05) is 13.2 Å². The van der Waals surface area contributed by atoms with Gasteiger partial charge in [-0.15, -0.1) is 0 Å². The van der Waals surface area contributed by atoms with Crippen LogP contribution in [0.3, 0.4) is 0 Å². The topological polar surface area (TPSA) is 86.6 Å². The number of nitrogens with one attached hydrogen (secondary N) is 1. The standard InChI is InChI=1S/C15H25NO4/c1-9-5-12(13(6-9)15(19)20)14(18)16-7-10-3-2-4-11(10)8-17/h9-13,17H,2-8H2,1H3,(H,16,18)(H,19,20)/t9?,10?,11?,12-,13+/m0/s1. The lowest BCUT2D eigenvalue weighted by Gasteiger charge is -2.20. The van der Waals surface area contributed by atoms with Crippen molar-refractivity contribution in [1.82, 2.24) is 5.32 Å². The van der Waals surface area contributed by atoms with E-state index >= 15 is 0 Å². The van der Waals surface area contributed by atoms with Crippen LogP contribution < -0.4 is 5.32 Å². The van der Waals surface area contributed by atoms with E-state index in [1.54, 1.807) is 0 Å². The maximum absolute atomic E-state index is 12.2. The Morgan fingerprint density at radius 3 is 2.45 bits per heavy atom. The molecule has 5 heteroatoms. The summed E-state index contributed by atoms with van der Waals surface area (Å²) in [4.78, 5) is 23.4. The van der Waals surface area contributed by atoms with Gasteiger partial charge >= 0.3 is 5.97 Å². The number of amides is 1. The highest BCUT2D eigenvalue weighted by Crippen LogP contribution is 2.37. The first kappa shape index (κ1) is 15.3. The number of carboxylic acid groups (broad SMARTS) is 1. The van der Waals surface area contributed by atoms with Gasteiger partial charge in [-0.25, -0.2) is 0 Å². The third-order valence-electron chi connectivity index (χ3n) is 5.04. The van der Waals surface area contributed by atoms with E-state index in [4.69, 9.17) is 0 Å². The van der Waals surface area contributed by atoms with Crippen LogP contribution in [0, 0.1) is 29.6 Å². The first-order valence-corrected chi connectivity index (χ1v) is 7.64. The van der Waals surface area contributed by atoms with Crippen molar-refractivity contribution < 1.29 is 19.8 Å². The van der Waals surface area contributed by atoms with Gasteiger partial charge in [0.25, 0.3) is 0 Å². The molecule has 0 aromatic heterocycles. The second-order valence-electron chi connectivity index (χ2n) is 6.51. The molecule has 0 heterocycles. The van der Waals surface area contributed by atoms with Crippen LogP contribution in [0.4, 0.5) is 0 Å². The Morgan fingerprint density at radius 1 is 1.15 bits per heavy atom. The Hall–Kier alpha value is -1.10. The van der Waals surface area contributed by atoms with Gasteiger partial charge in [0.05, 0.1) is 11.8 Å². The van der Waals surface area contributed by atoms with Gasteiger partial charge in [0.15, 0.2) is 0 Å². The predicted molar refractivity (Wildman–Crippen MR) is 73.9 cm³/mol. The van der Waals surface area contributed by atoms with Crippen molar-refractivity contribution >= 4 is 11.9 Å². The summed E-state index contributed by atoms with van der Waals surface area (Å²) in [6.07, 6.45) is 4.42. The minimum atomic E-state index is -0.858. The number of aliphatic carboxylic acids is 1. The number of hydrogen-bond donors (Lipinski definition) is 3. The number of carbonyl (C=O) groups excluding carboxylic acids is 1. The van der Waals surface area contributed by atoms with Crippen LogP contribution in [0.25, 0.3) is 0 Å². The highest BCUT2D eigenvalue weighted by Gasteiger charge is 2.41. The van der Waals surface area contributed by atoms with Crippen molar-refractivity contribution in [1.29, 1.82) is 0 Å². The van der Waals surface area contributed by atoms with Crippen molar-refractivity contribution in [3.8, 4) is 0 Å². The second kappa shape index (κ2) is 6.57. The summed E-state index contributed by atoms with van der Waals surface area (Å²) < 4.78 is 0. The molecule has 5 atom stereocenters. The Kier molecular flexibility index (Phi) is 5.02. The van der Waals surface area contributed by atoms with Crippen LogP contribution in [0.15, 0.2) is 0 Å². The molecule has 2 saturated carbocycles. The summed E-state index contributed by atoms with van der Waals surface area (Å²) in [7, 11) is 0. The maximum Gasteiger partial charge on any atom is 0.307 e. The van der Waals surface area contributed by atoms with Crippen LogP contribution >= 0.6 is 0 Å². The Labute approximate surface area is 119 Å². The molecule has 2 aliphatic carbocycles. The molecular weight excluding hydrogens is 258 g/mol. The van der Waals surface area contributed by atoms with Crippen LogP contribution in [-0.4, -0.2) is 35.2 Å². The third-order valence-corrected chi connectivity index (χ3v) is 5.04. The van der Waals surface area contributed by atoms with Gasteiger partial charge in [0, 0.05) is 13.2 Å². The smallest absolute Gasteiger partial charge is 0.307 e. The zero-order valence-corrected chi connectivity index (χ0v) is 12.0. The average Bonchev–Trinajstić information content (AvgIpc) is 3.01. The van der Waals surface area contributed by atoms with Gasteiger partial charge in [0.1, 0.15) is 0 Å². The van der Waals surface area contributed by atoms with Gasteiger partial charge in [-0.1, -0.05) is 13.3 Å². The second-order valence-corrected chi connectivity index (χ2v) is 6.51. The van der Waals surface area contributed by atoms with Crippen molar-refractivity contribution in [3.63, 3.8) is 0 Å². The van der Waals surface area contributed by atoms with Crippen LogP contribution in [0.2, 0.25) is 0 Å². The van der Waals surface area contributed by atoms with E-state index in [2.05, 4.69) is 5.32 Å². The third kappa shape index (κ3) is 3.32. The lowest BCUT2D eigenvalue weighted by atomic mass is 9.94. The Bertz CT molecular complexity index is 371.